The predicted molar refractivity (Wildman–Crippen MR) is 117 cm³/mol. The molecule has 0 saturated carbocycles. The van der Waals surface area contributed by atoms with Crippen LogP contribution in [0.25, 0.3) is 0 Å². The summed E-state index contributed by atoms with van der Waals surface area (Å²) in [6.07, 6.45) is 3.14. The molecule has 2 amide bonds. The number of aromatic nitrogens is 1. The van der Waals surface area contributed by atoms with Crippen molar-refractivity contribution >= 4 is 23.2 Å². The molecule has 5 nitrogen and oxygen atoms in total. The summed E-state index contributed by atoms with van der Waals surface area (Å²) in [5.41, 5.74) is 4.42. The predicted octanol–water partition coefficient (Wildman–Crippen LogP) is 4.74. The maximum Gasteiger partial charge on any atom is 0.276 e. The van der Waals surface area contributed by atoms with Crippen molar-refractivity contribution in [2.24, 2.45) is 0 Å². The molecule has 3 aromatic rings. The van der Waals surface area contributed by atoms with Gasteiger partial charge in [-0.3, -0.25) is 14.6 Å². The fourth-order valence-electron chi connectivity index (χ4n) is 3.22. The Morgan fingerprint density at radius 2 is 1.59 bits per heavy atom. The van der Waals surface area contributed by atoms with Crippen LogP contribution in [-0.4, -0.2) is 23.8 Å². The summed E-state index contributed by atoms with van der Waals surface area (Å²) in [4.78, 5) is 31.4. The first-order valence-corrected chi connectivity index (χ1v) is 9.76. The van der Waals surface area contributed by atoms with Gasteiger partial charge in [0.2, 0.25) is 0 Å². The summed E-state index contributed by atoms with van der Waals surface area (Å²) in [5.74, 6) is -0.520. The van der Waals surface area contributed by atoms with Crippen LogP contribution in [0.2, 0.25) is 0 Å². The van der Waals surface area contributed by atoms with Crippen LogP contribution in [0.5, 0.6) is 0 Å². The van der Waals surface area contributed by atoms with Crippen LogP contribution in [0.1, 0.15) is 45.8 Å². The highest BCUT2D eigenvalue weighted by molar-refractivity contribution is 6.08. The first kappa shape index (κ1) is 20.3. The van der Waals surface area contributed by atoms with Crippen molar-refractivity contribution in [1.82, 2.24) is 4.98 Å². The Labute approximate surface area is 171 Å². The van der Waals surface area contributed by atoms with Crippen molar-refractivity contribution in [1.29, 1.82) is 0 Å². The first-order valence-electron chi connectivity index (χ1n) is 9.76. The van der Waals surface area contributed by atoms with Crippen LogP contribution in [-0.2, 0) is 12.8 Å². The number of anilines is 2. The average molecular weight is 387 g/mol. The lowest BCUT2D eigenvalue weighted by Gasteiger charge is -2.17. The molecule has 5 heteroatoms. The van der Waals surface area contributed by atoms with E-state index >= 15 is 0 Å². The van der Waals surface area contributed by atoms with E-state index in [2.05, 4.69) is 24.1 Å². The first-order chi connectivity index (χ1) is 14.0. The SMILES string of the molecule is CCc1cccc(CC)c1NC(=O)c1ccnc(C(=O)N(C)c2ccccc2)c1. The van der Waals surface area contributed by atoms with Crippen molar-refractivity contribution in [2.75, 3.05) is 17.3 Å². The van der Waals surface area contributed by atoms with Crippen LogP contribution in [0, 0.1) is 0 Å². The number of hydrogen-bond donors (Lipinski definition) is 1. The number of rotatable bonds is 6. The molecule has 1 N–H and O–H groups in total. The topological polar surface area (TPSA) is 62.3 Å². The monoisotopic (exact) mass is 387 g/mol. The van der Waals surface area contributed by atoms with Gasteiger partial charge in [0, 0.05) is 30.2 Å². The maximum absolute atomic E-state index is 12.9. The minimum absolute atomic E-state index is 0.225. The molecule has 0 unspecified atom stereocenters. The zero-order valence-corrected chi connectivity index (χ0v) is 17.0. The van der Waals surface area contributed by atoms with Gasteiger partial charge in [-0.1, -0.05) is 50.2 Å². The zero-order valence-electron chi connectivity index (χ0n) is 17.0. The third-order valence-corrected chi connectivity index (χ3v) is 4.93. The molecular formula is C24H25N3O2. The second-order valence-electron chi connectivity index (χ2n) is 6.74. The quantitative estimate of drug-likeness (QED) is 0.665. The van der Waals surface area contributed by atoms with Gasteiger partial charge in [0.05, 0.1) is 0 Å². The molecule has 1 heterocycles. The second-order valence-corrected chi connectivity index (χ2v) is 6.74. The van der Waals surface area contributed by atoms with E-state index in [9.17, 15) is 9.59 Å². The minimum Gasteiger partial charge on any atom is -0.321 e. The Morgan fingerprint density at radius 1 is 0.931 bits per heavy atom. The number of pyridine rings is 1. The number of aryl methyl sites for hydroxylation is 2. The summed E-state index contributed by atoms with van der Waals surface area (Å²) >= 11 is 0. The molecular weight excluding hydrogens is 362 g/mol. The van der Waals surface area contributed by atoms with Gasteiger partial charge in [-0.25, -0.2) is 0 Å². The zero-order chi connectivity index (χ0) is 20.8. The molecule has 1 aromatic heterocycles. The number of carbonyl (C=O) groups excluding carboxylic acids is 2. The highest BCUT2D eigenvalue weighted by Gasteiger charge is 2.18. The Balaban J connectivity index is 1.85. The van der Waals surface area contributed by atoms with E-state index in [1.807, 2.05) is 48.5 Å². The molecule has 3 rings (SSSR count). The van der Waals surface area contributed by atoms with Gasteiger partial charge in [-0.15, -0.1) is 0 Å². The minimum atomic E-state index is -0.269. The van der Waals surface area contributed by atoms with Crippen molar-refractivity contribution in [2.45, 2.75) is 26.7 Å². The van der Waals surface area contributed by atoms with Gasteiger partial charge in [-0.2, -0.15) is 0 Å². The van der Waals surface area contributed by atoms with Crippen molar-refractivity contribution in [3.8, 4) is 0 Å². The summed E-state index contributed by atoms with van der Waals surface area (Å²) in [5, 5.41) is 3.03. The second kappa shape index (κ2) is 9.15. The molecule has 0 aliphatic rings. The van der Waals surface area contributed by atoms with Crippen LogP contribution in [0.3, 0.4) is 0 Å². The van der Waals surface area contributed by atoms with Crippen LogP contribution in [0.15, 0.2) is 66.9 Å². The van der Waals surface area contributed by atoms with E-state index in [0.717, 1.165) is 35.3 Å². The van der Waals surface area contributed by atoms with E-state index < -0.39 is 0 Å². The van der Waals surface area contributed by atoms with Crippen molar-refractivity contribution in [3.05, 3.63) is 89.2 Å². The lowest BCUT2D eigenvalue weighted by Crippen LogP contribution is -2.27. The molecule has 0 aliphatic heterocycles. The fourth-order valence-corrected chi connectivity index (χ4v) is 3.22. The molecule has 29 heavy (non-hydrogen) atoms. The number of amides is 2. The number of para-hydroxylation sites is 2. The molecule has 0 bridgehead atoms. The number of hydrogen-bond acceptors (Lipinski definition) is 3. The van der Waals surface area contributed by atoms with Crippen LogP contribution >= 0.6 is 0 Å². The molecule has 0 spiro atoms. The lowest BCUT2D eigenvalue weighted by molar-refractivity contribution is 0.0988. The van der Waals surface area contributed by atoms with E-state index in [1.165, 1.54) is 17.2 Å². The van der Waals surface area contributed by atoms with Crippen molar-refractivity contribution in [3.63, 3.8) is 0 Å². The molecule has 0 saturated heterocycles. The fraction of sp³-hybridized carbons (Fsp3) is 0.208. The summed E-state index contributed by atoms with van der Waals surface area (Å²) < 4.78 is 0. The number of benzene rings is 2. The van der Waals surface area contributed by atoms with Crippen molar-refractivity contribution < 1.29 is 9.59 Å². The smallest absolute Gasteiger partial charge is 0.276 e. The maximum atomic E-state index is 12.9. The van der Waals surface area contributed by atoms with E-state index in [0.29, 0.717) is 5.56 Å². The van der Waals surface area contributed by atoms with Crippen LogP contribution in [0.4, 0.5) is 11.4 Å². The summed E-state index contributed by atoms with van der Waals surface area (Å²) in [7, 11) is 1.69. The lowest BCUT2D eigenvalue weighted by atomic mass is 10.0. The third-order valence-electron chi connectivity index (χ3n) is 4.93. The van der Waals surface area contributed by atoms with Gasteiger partial charge in [0.25, 0.3) is 11.8 Å². The summed E-state index contributed by atoms with van der Waals surface area (Å²) in [6, 6.07) is 18.5. The Morgan fingerprint density at radius 3 is 2.21 bits per heavy atom. The van der Waals surface area contributed by atoms with Gasteiger partial charge >= 0.3 is 0 Å². The molecule has 0 atom stereocenters. The number of nitrogens with zero attached hydrogens (tertiary/aromatic N) is 2. The standard InChI is InChI=1S/C24H25N3O2/c1-4-17-10-9-11-18(5-2)22(17)26-23(28)19-14-15-25-21(16-19)24(29)27(3)20-12-7-6-8-13-20/h6-16H,4-5H2,1-3H3,(H,26,28). The van der Waals surface area contributed by atoms with E-state index in [4.69, 9.17) is 0 Å². The average Bonchev–Trinajstić information content (AvgIpc) is 2.78. The van der Waals surface area contributed by atoms with Gasteiger partial charge in [-0.05, 0) is 48.2 Å². The summed E-state index contributed by atoms with van der Waals surface area (Å²) in [6.45, 7) is 4.13. The Bertz CT molecular complexity index is 993. The Kier molecular flexibility index (Phi) is 6.39. The van der Waals surface area contributed by atoms with Gasteiger partial charge in [0.1, 0.15) is 5.69 Å². The highest BCUT2D eigenvalue weighted by Crippen LogP contribution is 2.23. The van der Waals surface area contributed by atoms with E-state index in [1.54, 1.807) is 13.1 Å². The molecule has 2 aromatic carbocycles. The van der Waals surface area contributed by atoms with Crippen LogP contribution < -0.4 is 10.2 Å². The Hall–Kier alpha value is -3.47. The van der Waals surface area contributed by atoms with Gasteiger partial charge in [0.15, 0.2) is 0 Å². The van der Waals surface area contributed by atoms with E-state index in [-0.39, 0.29) is 17.5 Å². The largest absolute Gasteiger partial charge is 0.321 e. The molecule has 0 radical (unpaired) electrons. The number of nitrogens with one attached hydrogen (secondary N) is 1. The highest BCUT2D eigenvalue weighted by atomic mass is 16.2. The normalized spacial score (nSPS) is 10.4. The number of carbonyl (C=O) groups is 2. The molecule has 148 valence electrons. The third kappa shape index (κ3) is 4.51. The van der Waals surface area contributed by atoms with Gasteiger partial charge < -0.3 is 10.2 Å². The molecule has 0 fully saturated rings. The molecule has 0 aliphatic carbocycles.